The van der Waals surface area contributed by atoms with Crippen LogP contribution in [0.3, 0.4) is 0 Å². The fourth-order valence-corrected chi connectivity index (χ4v) is 1.43. The van der Waals surface area contributed by atoms with Gasteiger partial charge in [0, 0.05) is 6.07 Å². The maximum absolute atomic E-state index is 12.0. The number of nitrogens with two attached hydrogens (primary N) is 1. The molecule has 1 rings (SSSR count). The predicted octanol–water partition coefficient (Wildman–Crippen LogP) is 0.762. The van der Waals surface area contributed by atoms with Crippen molar-refractivity contribution >= 4 is 11.7 Å². The summed E-state index contributed by atoms with van der Waals surface area (Å²) < 4.78 is 4.97. The monoisotopic (exact) mass is 254 g/mol. The van der Waals surface area contributed by atoms with E-state index in [0.717, 1.165) is 5.69 Å². The van der Waals surface area contributed by atoms with E-state index in [9.17, 15) is 4.79 Å². The van der Waals surface area contributed by atoms with Crippen LogP contribution in [0.25, 0.3) is 0 Å². The van der Waals surface area contributed by atoms with Gasteiger partial charge in [-0.05, 0) is 20.3 Å². The van der Waals surface area contributed by atoms with Gasteiger partial charge in [-0.1, -0.05) is 17.2 Å². The van der Waals surface area contributed by atoms with Crippen LogP contribution in [0, 0.1) is 12.3 Å². The number of amides is 1. The molecule has 0 fully saturated rings. The van der Waals surface area contributed by atoms with Gasteiger partial charge in [0.2, 0.25) is 5.91 Å². The maximum Gasteiger partial charge on any atom is 0.234 e. The third-order valence-electron chi connectivity index (χ3n) is 2.98. The fourth-order valence-electron chi connectivity index (χ4n) is 1.43. The van der Waals surface area contributed by atoms with Crippen LogP contribution in [0.15, 0.2) is 15.7 Å². The topological polar surface area (TPSA) is 114 Å². The Hall–Kier alpha value is -2.05. The van der Waals surface area contributed by atoms with Crippen LogP contribution in [0.1, 0.15) is 31.7 Å². The summed E-state index contributed by atoms with van der Waals surface area (Å²) in [6.45, 7) is 5.41. The van der Waals surface area contributed by atoms with E-state index in [1.54, 1.807) is 26.8 Å². The Kier molecular flexibility index (Phi) is 4.30. The van der Waals surface area contributed by atoms with Gasteiger partial charge in [0.25, 0.3) is 0 Å². The van der Waals surface area contributed by atoms with Gasteiger partial charge in [-0.15, -0.1) is 0 Å². The summed E-state index contributed by atoms with van der Waals surface area (Å²) >= 11 is 0. The van der Waals surface area contributed by atoms with Gasteiger partial charge in [-0.2, -0.15) is 0 Å². The van der Waals surface area contributed by atoms with Crippen molar-refractivity contribution in [1.82, 2.24) is 10.5 Å². The first-order valence-corrected chi connectivity index (χ1v) is 5.62. The molecule has 0 radical (unpaired) electrons. The lowest BCUT2D eigenvalue weighted by Gasteiger charge is -2.24. The molecule has 1 amide bonds. The third kappa shape index (κ3) is 2.79. The fraction of sp³-hybridized carbons (Fsp3) is 0.545. The minimum absolute atomic E-state index is 0.115. The largest absolute Gasteiger partial charge is 0.409 e. The van der Waals surface area contributed by atoms with E-state index < -0.39 is 5.41 Å². The lowest BCUT2D eigenvalue weighted by molar-refractivity contribution is -0.127. The van der Waals surface area contributed by atoms with Gasteiger partial charge in [0.05, 0.1) is 12.2 Å². The Morgan fingerprint density at radius 2 is 2.39 bits per heavy atom. The first-order chi connectivity index (χ1) is 8.43. The highest BCUT2D eigenvalue weighted by atomic mass is 16.5. The molecule has 0 spiro atoms. The van der Waals surface area contributed by atoms with E-state index in [1.165, 1.54) is 0 Å². The Labute approximate surface area is 105 Å². The summed E-state index contributed by atoms with van der Waals surface area (Å²) in [6.07, 6.45) is 0.421. The lowest BCUT2D eigenvalue weighted by Crippen LogP contribution is -2.47. The van der Waals surface area contributed by atoms with Gasteiger partial charge in [0.15, 0.2) is 11.6 Å². The molecule has 100 valence electrons. The van der Waals surface area contributed by atoms with Crippen molar-refractivity contribution < 1.29 is 14.5 Å². The van der Waals surface area contributed by atoms with E-state index >= 15 is 0 Å². The van der Waals surface area contributed by atoms with Crippen molar-refractivity contribution in [2.75, 3.05) is 0 Å². The van der Waals surface area contributed by atoms with Crippen LogP contribution in [-0.2, 0) is 11.3 Å². The van der Waals surface area contributed by atoms with Crippen LogP contribution in [-0.4, -0.2) is 22.1 Å². The molecule has 0 aromatic carbocycles. The minimum Gasteiger partial charge on any atom is -0.409 e. The summed E-state index contributed by atoms with van der Waals surface area (Å²) in [5.74, 6) is 0.115. The zero-order valence-corrected chi connectivity index (χ0v) is 10.7. The molecule has 1 heterocycles. The number of oxime groups is 1. The highest BCUT2D eigenvalue weighted by Crippen LogP contribution is 2.21. The summed E-state index contributed by atoms with van der Waals surface area (Å²) in [5.41, 5.74) is 5.25. The second-order valence-corrected chi connectivity index (χ2v) is 4.29. The van der Waals surface area contributed by atoms with Gasteiger partial charge < -0.3 is 20.8 Å². The number of aromatic nitrogens is 1. The molecule has 1 aromatic rings. The van der Waals surface area contributed by atoms with E-state index in [-0.39, 0.29) is 18.3 Å². The van der Waals surface area contributed by atoms with E-state index in [2.05, 4.69) is 15.6 Å². The number of nitrogens with one attached hydrogen (secondary N) is 1. The van der Waals surface area contributed by atoms with E-state index in [4.69, 9.17) is 15.5 Å². The summed E-state index contributed by atoms with van der Waals surface area (Å²) in [4.78, 5) is 12.0. The molecule has 0 saturated carbocycles. The van der Waals surface area contributed by atoms with Crippen molar-refractivity contribution in [2.24, 2.45) is 16.3 Å². The van der Waals surface area contributed by atoms with Crippen molar-refractivity contribution in [3.05, 3.63) is 17.5 Å². The molecular formula is C11H18N4O3. The van der Waals surface area contributed by atoms with Crippen LogP contribution in [0.5, 0.6) is 0 Å². The maximum atomic E-state index is 12.0. The van der Waals surface area contributed by atoms with Crippen molar-refractivity contribution in [3.63, 3.8) is 0 Å². The number of carbonyl (C=O) groups excluding carboxylic acids is 1. The van der Waals surface area contributed by atoms with Crippen LogP contribution in [0.4, 0.5) is 0 Å². The first-order valence-electron chi connectivity index (χ1n) is 5.62. The Bertz CT molecular complexity index is 455. The van der Waals surface area contributed by atoms with Gasteiger partial charge >= 0.3 is 0 Å². The molecule has 4 N–H and O–H groups in total. The zero-order chi connectivity index (χ0) is 13.8. The minimum atomic E-state index is -1.04. The number of nitrogens with zero attached hydrogens (tertiary/aromatic N) is 2. The molecule has 1 atom stereocenters. The molecule has 0 bridgehead atoms. The average Bonchev–Trinajstić information content (AvgIpc) is 2.79. The molecule has 7 heteroatoms. The second-order valence-electron chi connectivity index (χ2n) is 4.29. The number of rotatable bonds is 5. The predicted molar refractivity (Wildman–Crippen MR) is 64.9 cm³/mol. The van der Waals surface area contributed by atoms with Gasteiger partial charge in [-0.25, -0.2) is 0 Å². The number of amidine groups is 1. The summed E-state index contributed by atoms with van der Waals surface area (Å²) in [7, 11) is 0. The Morgan fingerprint density at radius 3 is 2.83 bits per heavy atom. The third-order valence-corrected chi connectivity index (χ3v) is 2.98. The summed E-state index contributed by atoms with van der Waals surface area (Å²) in [5, 5.41) is 18.0. The molecule has 1 aromatic heterocycles. The quantitative estimate of drug-likeness (QED) is 0.311. The second kappa shape index (κ2) is 5.52. The van der Waals surface area contributed by atoms with Gasteiger partial charge in [-0.3, -0.25) is 4.79 Å². The first kappa shape index (κ1) is 14.0. The van der Waals surface area contributed by atoms with E-state index in [1.807, 2.05) is 0 Å². The summed E-state index contributed by atoms with van der Waals surface area (Å²) in [6, 6.07) is 1.73. The van der Waals surface area contributed by atoms with Crippen LogP contribution < -0.4 is 11.1 Å². The van der Waals surface area contributed by atoms with Gasteiger partial charge in [0.1, 0.15) is 5.41 Å². The van der Waals surface area contributed by atoms with Crippen molar-refractivity contribution in [2.45, 2.75) is 33.7 Å². The molecule has 1 unspecified atom stereocenters. The highest BCUT2D eigenvalue weighted by molar-refractivity contribution is 6.06. The zero-order valence-electron chi connectivity index (χ0n) is 10.7. The lowest BCUT2D eigenvalue weighted by atomic mass is 9.85. The Balaban J connectivity index is 2.69. The molecule has 18 heavy (non-hydrogen) atoms. The average molecular weight is 254 g/mol. The standard InChI is InChI=1S/C11H18N4O3/c1-4-11(3,9(12)14-17)10(16)13-6-8-5-7(2)15-18-8/h5,17H,4,6H2,1-3H3,(H2,12,14)(H,13,16). The molecule has 0 saturated heterocycles. The van der Waals surface area contributed by atoms with Crippen LogP contribution in [0.2, 0.25) is 0 Å². The Morgan fingerprint density at radius 1 is 1.72 bits per heavy atom. The van der Waals surface area contributed by atoms with E-state index in [0.29, 0.717) is 12.2 Å². The molecule has 0 aliphatic carbocycles. The molecule has 0 aliphatic heterocycles. The SMILES string of the molecule is CCC(C)(C(=O)NCc1cc(C)no1)C(N)=NO. The van der Waals surface area contributed by atoms with Crippen molar-refractivity contribution in [3.8, 4) is 0 Å². The highest BCUT2D eigenvalue weighted by Gasteiger charge is 2.36. The molecular weight excluding hydrogens is 236 g/mol. The van der Waals surface area contributed by atoms with Crippen LogP contribution >= 0.6 is 0 Å². The number of hydrogen-bond donors (Lipinski definition) is 3. The smallest absolute Gasteiger partial charge is 0.234 e. The number of aryl methyl sites for hydroxylation is 1. The number of hydrogen-bond acceptors (Lipinski definition) is 5. The molecule has 7 nitrogen and oxygen atoms in total. The number of carbonyl (C=O) groups is 1. The molecule has 0 aliphatic rings. The van der Waals surface area contributed by atoms with Crippen molar-refractivity contribution in [1.29, 1.82) is 0 Å². The normalized spacial score (nSPS) is 15.2.